The van der Waals surface area contributed by atoms with Gasteiger partial charge in [-0.1, -0.05) is 24.3 Å². The molecule has 2 fully saturated rings. The molecule has 3 N–H and O–H groups in total. The third-order valence-corrected chi connectivity index (χ3v) is 8.60. The van der Waals surface area contributed by atoms with Gasteiger partial charge in [0.25, 0.3) is 0 Å². The zero-order valence-electron chi connectivity index (χ0n) is 25.9. The highest BCUT2D eigenvalue weighted by Gasteiger charge is 2.37. The Balaban J connectivity index is 1.49. The number of fused-ring (bicyclic) bond motifs is 4. The average Bonchev–Trinajstić information content (AvgIpc) is 3.45. The zero-order chi connectivity index (χ0) is 33.6. The summed E-state index contributed by atoms with van der Waals surface area (Å²) in [6, 6.07) is 10.0. The fourth-order valence-electron chi connectivity index (χ4n) is 6.25. The quantitative estimate of drug-likeness (QED) is 0.410. The minimum atomic E-state index is -4.68. The number of halogens is 4. The van der Waals surface area contributed by atoms with Gasteiger partial charge in [-0.25, -0.2) is 4.39 Å². The van der Waals surface area contributed by atoms with E-state index in [-0.39, 0.29) is 44.7 Å². The summed E-state index contributed by atoms with van der Waals surface area (Å²) in [6.45, 7) is -0.222. The van der Waals surface area contributed by atoms with Crippen molar-refractivity contribution < 1.29 is 41.5 Å². The van der Waals surface area contributed by atoms with Crippen LogP contribution in [-0.4, -0.2) is 96.6 Å². The first-order chi connectivity index (χ1) is 22.4. The van der Waals surface area contributed by atoms with Crippen molar-refractivity contribution >= 4 is 23.6 Å². The molecule has 5 rings (SSSR count). The number of amides is 4. The Hall–Kier alpha value is -4.20. The number of carbonyl (C=O) groups is 4. The van der Waals surface area contributed by atoms with Crippen LogP contribution in [0.4, 0.5) is 17.6 Å². The summed E-state index contributed by atoms with van der Waals surface area (Å²) in [7, 11) is 0. The van der Waals surface area contributed by atoms with Crippen molar-refractivity contribution in [2.45, 2.75) is 75.4 Å². The number of rotatable bonds is 6. The highest BCUT2D eigenvalue weighted by Crippen LogP contribution is 2.26. The molecule has 254 valence electrons. The summed E-state index contributed by atoms with van der Waals surface area (Å²) >= 11 is 0. The summed E-state index contributed by atoms with van der Waals surface area (Å²) in [5.41, 5.74) is 1.23. The second kappa shape index (κ2) is 15.1. The third-order valence-electron chi connectivity index (χ3n) is 8.60. The normalized spacial score (nSPS) is 24.7. The third kappa shape index (κ3) is 9.66. The van der Waals surface area contributed by atoms with E-state index in [2.05, 4.69) is 10.6 Å². The van der Waals surface area contributed by atoms with Gasteiger partial charge >= 0.3 is 6.18 Å². The highest BCUT2D eigenvalue weighted by molar-refractivity contribution is 5.94. The average molecular weight is 662 g/mol. The van der Waals surface area contributed by atoms with Crippen LogP contribution in [0.1, 0.15) is 43.2 Å². The number of alkyl halides is 4. The molecule has 3 aliphatic heterocycles. The largest absolute Gasteiger partial charge is 0.457 e. The molecule has 4 atom stereocenters. The predicted molar refractivity (Wildman–Crippen MR) is 163 cm³/mol. The number of nitrogens with zero attached hydrogens (tertiary/aromatic N) is 2. The van der Waals surface area contributed by atoms with E-state index >= 15 is 0 Å². The maximum absolute atomic E-state index is 14.1. The lowest BCUT2D eigenvalue weighted by molar-refractivity contribution is -0.141. The van der Waals surface area contributed by atoms with Gasteiger partial charge in [0.15, 0.2) is 0 Å². The molecule has 0 saturated carbocycles. The number of hydrogen-bond donors (Lipinski definition) is 3. The fraction of sp³-hybridized carbons (Fsp3) is 0.515. The standard InChI is InChI=1S/C33H39F4N5O5/c34-23-7-3-12-41(19-23)14-11-26-31(45)40-27(30(44)38-20-33(35,36)37)17-21-5-1-8-24(15-21)47-25-9-2-6-22(16-25)18-28(32(46)39-26)42-13-4-10-29(42)43/h1-2,5-6,8-9,15-16,23,26-28H,3-4,7,10-14,17-20H2,(H,38,44)(H,39,46)(H,40,45)/t23-,26+,27+,28+/m1/s1. The summed E-state index contributed by atoms with van der Waals surface area (Å²) in [5, 5.41) is 7.18. The predicted octanol–water partition coefficient (Wildman–Crippen LogP) is 3.04. The minimum Gasteiger partial charge on any atom is -0.457 e. The van der Waals surface area contributed by atoms with Crippen LogP contribution >= 0.6 is 0 Å². The van der Waals surface area contributed by atoms with Crippen LogP contribution in [0.25, 0.3) is 0 Å². The molecule has 4 amide bonds. The number of hydrogen-bond acceptors (Lipinski definition) is 6. The van der Waals surface area contributed by atoms with Crippen molar-refractivity contribution in [1.82, 2.24) is 25.8 Å². The molecule has 0 spiro atoms. The van der Waals surface area contributed by atoms with Crippen LogP contribution in [0.3, 0.4) is 0 Å². The van der Waals surface area contributed by atoms with Gasteiger partial charge in [-0.3, -0.25) is 19.2 Å². The summed E-state index contributed by atoms with van der Waals surface area (Å²) in [6.07, 6.45) is -3.79. The number of likely N-dealkylation sites (tertiary alicyclic amines) is 2. The molecule has 3 aliphatic rings. The van der Waals surface area contributed by atoms with Crippen LogP contribution in [0, 0.1) is 0 Å². The molecule has 0 unspecified atom stereocenters. The lowest BCUT2D eigenvalue weighted by Gasteiger charge is -2.32. The minimum absolute atomic E-state index is 0.0423. The summed E-state index contributed by atoms with van der Waals surface area (Å²) < 4.78 is 59.2. The molecular weight excluding hydrogens is 622 g/mol. The Kier molecular flexibility index (Phi) is 11.0. The van der Waals surface area contributed by atoms with Crippen molar-refractivity contribution in [1.29, 1.82) is 0 Å². The van der Waals surface area contributed by atoms with Crippen LogP contribution in [0.5, 0.6) is 11.5 Å². The van der Waals surface area contributed by atoms with E-state index in [1.54, 1.807) is 42.5 Å². The van der Waals surface area contributed by atoms with E-state index in [1.807, 2.05) is 16.3 Å². The van der Waals surface area contributed by atoms with E-state index < -0.39 is 54.7 Å². The molecular formula is C33H39F4N5O5. The molecule has 47 heavy (non-hydrogen) atoms. The SMILES string of the molecule is O=C(NCC(F)(F)F)[C@@H]1Cc2cccc(c2)Oc2cccc(c2)C[C@H](N2CCCC2=O)C(=O)N[C@@H](CCN2CCC[C@@H](F)C2)C(=O)N1. The number of benzene rings is 2. The molecule has 2 aromatic carbocycles. The molecule has 0 radical (unpaired) electrons. The second-order valence-corrected chi connectivity index (χ2v) is 12.3. The van der Waals surface area contributed by atoms with Crippen LogP contribution in [0.2, 0.25) is 0 Å². The van der Waals surface area contributed by atoms with Crippen molar-refractivity contribution in [3.05, 3.63) is 59.7 Å². The van der Waals surface area contributed by atoms with E-state index in [9.17, 15) is 36.7 Å². The lowest BCUT2D eigenvalue weighted by atomic mass is 10.0. The van der Waals surface area contributed by atoms with Crippen LogP contribution in [-0.2, 0) is 32.0 Å². The van der Waals surface area contributed by atoms with Gasteiger partial charge in [0, 0.05) is 38.9 Å². The Morgan fingerprint density at radius 1 is 0.936 bits per heavy atom. The number of ether oxygens (including phenoxy) is 1. The Morgan fingerprint density at radius 3 is 2.28 bits per heavy atom. The van der Waals surface area contributed by atoms with Gasteiger partial charge in [0.2, 0.25) is 23.6 Å². The van der Waals surface area contributed by atoms with Crippen LogP contribution in [0.15, 0.2) is 48.5 Å². The molecule has 10 nitrogen and oxygen atoms in total. The van der Waals surface area contributed by atoms with Crippen molar-refractivity contribution in [3.8, 4) is 11.5 Å². The van der Waals surface area contributed by atoms with Gasteiger partial charge in [-0.2, -0.15) is 13.2 Å². The monoisotopic (exact) mass is 661 g/mol. The summed E-state index contributed by atoms with van der Waals surface area (Å²) in [5.74, 6) is -1.79. The second-order valence-electron chi connectivity index (χ2n) is 12.3. The first-order valence-corrected chi connectivity index (χ1v) is 15.9. The smallest absolute Gasteiger partial charge is 0.405 e. The summed E-state index contributed by atoms with van der Waals surface area (Å²) in [4.78, 5) is 57.0. The fourth-order valence-corrected chi connectivity index (χ4v) is 6.25. The molecule has 0 aliphatic carbocycles. The van der Waals surface area contributed by atoms with E-state index in [4.69, 9.17) is 4.74 Å². The molecule has 14 heteroatoms. The van der Waals surface area contributed by atoms with E-state index in [1.165, 1.54) is 4.90 Å². The Labute approximate surface area is 270 Å². The van der Waals surface area contributed by atoms with Crippen molar-refractivity contribution in [2.24, 2.45) is 0 Å². The maximum Gasteiger partial charge on any atom is 0.405 e. The molecule has 2 aromatic rings. The van der Waals surface area contributed by atoms with E-state index in [0.717, 1.165) is 5.56 Å². The van der Waals surface area contributed by atoms with Crippen LogP contribution < -0.4 is 20.7 Å². The molecule has 4 bridgehead atoms. The topological polar surface area (TPSA) is 120 Å². The first kappa shape index (κ1) is 34.1. The van der Waals surface area contributed by atoms with Gasteiger partial charge in [-0.05, 0) is 67.6 Å². The molecule has 3 heterocycles. The van der Waals surface area contributed by atoms with Crippen molar-refractivity contribution in [3.63, 3.8) is 0 Å². The Bertz CT molecular complexity index is 1460. The number of carbonyl (C=O) groups excluding carboxylic acids is 4. The zero-order valence-corrected chi connectivity index (χ0v) is 25.9. The molecule has 2 saturated heterocycles. The lowest BCUT2D eigenvalue weighted by Crippen LogP contribution is -2.58. The van der Waals surface area contributed by atoms with Gasteiger partial charge in [0.1, 0.15) is 42.3 Å². The van der Waals surface area contributed by atoms with Gasteiger partial charge < -0.3 is 30.5 Å². The highest BCUT2D eigenvalue weighted by atomic mass is 19.4. The van der Waals surface area contributed by atoms with Gasteiger partial charge in [0.05, 0.1) is 0 Å². The first-order valence-electron chi connectivity index (χ1n) is 15.9. The number of piperidine rings is 1. The van der Waals surface area contributed by atoms with E-state index in [0.29, 0.717) is 49.4 Å². The Morgan fingerprint density at radius 2 is 1.64 bits per heavy atom. The van der Waals surface area contributed by atoms with Gasteiger partial charge in [-0.15, -0.1) is 0 Å². The number of nitrogens with one attached hydrogen (secondary N) is 3. The maximum atomic E-state index is 14.1. The molecule has 0 aromatic heterocycles. The van der Waals surface area contributed by atoms with Crippen molar-refractivity contribution in [2.75, 3.05) is 32.7 Å².